The van der Waals surface area contributed by atoms with E-state index >= 15 is 0 Å². The summed E-state index contributed by atoms with van der Waals surface area (Å²) in [5, 5.41) is 1.17. The summed E-state index contributed by atoms with van der Waals surface area (Å²) >= 11 is 0. The van der Waals surface area contributed by atoms with E-state index in [1.165, 1.54) is 10.9 Å². The fourth-order valence-corrected chi connectivity index (χ4v) is 3.81. The lowest BCUT2D eigenvalue weighted by Gasteiger charge is -2.36. The van der Waals surface area contributed by atoms with E-state index in [0.717, 1.165) is 18.5 Å². The van der Waals surface area contributed by atoms with Crippen LogP contribution in [-0.4, -0.2) is 15.8 Å². The molecule has 20 heavy (non-hydrogen) atoms. The average Bonchev–Trinajstić information content (AvgIpc) is 2.80. The van der Waals surface area contributed by atoms with Gasteiger partial charge >= 0.3 is 0 Å². The van der Waals surface area contributed by atoms with Gasteiger partial charge in [-0.05, 0) is 41.9 Å². The normalized spacial score (nSPS) is 27.4. The predicted octanol–water partition coefficient (Wildman–Crippen LogP) is 3.92. The summed E-state index contributed by atoms with van der Waals surface area (Å²) in [7, 11) is 0. The number of carbonyl (C=O) groups is 1. The molecule has 0 spiro atoms. The van der Waals surface area contributed by atoms with Crippen molar-refractivity contribution in [3.05, 3.63) is 30.1 Å². The Labute approximate surface area is 119 Å². The molecule has 3 heteroatoms. The molecule has 3 rings (SSSR count). The number of nitrogens with one attached hydrogen (secondary N) is 1. The van der Waals surface area contributed by atoms with Gasteiger partial charge in [-0.1, -0.05) is 20.8 Å². The molecule has 1 N–H and O–H groups in total. The van der Waals surface area contributed by atoms with Gasteiger partial charge in [0.1, 0.15) is 11.4 Å². The first-order valence-electron chi connectivity index (χ1n) is 7.52. The number of aromatic nitrogens is 2. The van der Waals surface area contributed by atoms with Crippen molar-refractivity contribution in [2.75, 3.05) is 0 Å². The van der Waals surface area contributed by atoms with Gasteiger partial charge in [-0.3, -0.25) is 4.79 Å². The van der Waals surface area contributed by atoms with E-state index in [1.54, 1.807) is 6.20 Å². The first-order valence-corrected chi connectivity index (χ1v) is 7.52. The van der Waals surface area contributed by atoms with Crippen molar-refractivity contribution >= 4 is 16.8 Å². The van der Waals surface area contributed by atoms with E-state index in [0.29, 0.717) is 23.5 Å². The Bertz CT molecular complexity index is 629. The highest BCUT2D eigenvalue weighted by Gasteiger charge is 2.38. The molecule has 0 radical (unpaired) electrons. The lowest BCUT2D eigenvalue weighted by Crippen LogP contribution is -2.34. The maximum Gasteiger partial charge on any atom is 0.137 e. The number of rotatable bonds is 2. The number of carbonyl (C=O) groups excluding carboxylic acids is 1. The third kappa shape index (κ3) is 2.15. The number of pyridine rings is 1. The van der Waals surface area contributed by atoms with Crippen molar-refractivity contribution in [1.82, 2.24) is 9.97 Å². The van der Waals surface area contributed by atoms with Crippen LogP contribution >= 0.6 is 0 Å². The summed E-state index contributed by atoms with van der Waals surface area (Å²) in [6.45, 7) is 6.52. The predicted molar refractivity (Wildman–Crippen MR) is 80.6 cm³/mol. The first-order chi connectivity index (χ1) is 9.58. The quantitative estimate of drug-likeness (QED) is 0.899. The first kappa shape index (κ1) is 13.3. The minimum absolute atomic E-state index is 0.144. The maximum absolute atomic E-state index is 12.5. The van der Waals surface area contributed by atoms with E-state index in [-0.39, 0.29) is 5.92 Å². The zero-order chi connectivity index (χ0) is 14.3. The molecule has 106 valence electrons. The van der Waals surface area contributed by atoms with Crippen LogP contribution < -0.4 is 0 Å². The largest absolute Gasteiger partial charge is 0.346 e. The van der Waals surface area contributed by atoms with E-state index in [1.807, 2.05) is 6.07 Å². The minimum Gasteiger partial charge on any atom is -0.346 e. The van der Waals surface area contributed by atoms with Crippen LogP contribution in [0.25, 0.3) is 11.0 Å². The third-order valence-electron chi connectivity index (χ3n) is 4.61. The molecule has 2 heterocycles. The van der Waals surface area contributed by atoms with Crippen LogP contribution in [0.5, 0.6) is 0 Å². The number of ketones is 1. The summed E-state index contributed by atoms with van der Waals surface area (Å²) in [6, 6.07) is 4.08. The van der Waals surface area contributed by atoms with Gasteiger partial charge in [0.2, 0.25) is 0 Å². The van der Waals surface area contributed by atoms with Gasteiger partial charge in [-0.2, -0.15) is 0 Å². The second kappa shape index (κ2) is 5.04. The SMILES string of the molecule is CC1CC(=O)C(C(C)C)C(c2c[nH]c3ncccc23)C1. The van der Waals surface area contributed by atoms with Crippen LogP contribution in [0.3, 0.4) is 0 Å². The molecule has 3 nitrogen and oxygen atoms in total. The molecule has 1 saturated carbocycles. The van der Waals surface area contributed by atoms with Gasteiger partial charge < -0.3 is 4.98 Å². The minimum atomic E-state index is 0.144. The van der Waals surface area contributed by atoms with Gasteiger partial charge in [0.15, 0.2) is 0 Å². The molecule has 0 aromatic carbocycles. The van der Waals surface area contributed by atoms with Crippen molar-refractivity contribution < 1.29 is 4.79 Å². The molecule has 1 fully saturated rings. The van der Waals surface area contributed by atoms with E-state index < -0.39 is 0 Å². The highest BCUT2D eigenvalue weighted by atomic mass is 16.1. The van der Waals surface area contributed by atoms with Crippen LogP contribution in [-0.2, 0) is 4.79 Å². The molecule has 1 aliphatic carbocycles. The van der Waals surface area contributed by atoms with E-state index in [2.05, 4.69) is 43.0 Å². The van der Waals surface area contributed by atoms with Crippen molar-refractivity contribution in [3.8, 4) is 0 Å². The van der Waals surface area contributed by atoms with Gasteiger partial charge in [-0.25, -0.2) is 4.98 Å². The average molecular weight is 270 g/mol. The van der Waals surface area contributed by atoms with Gasteiger partial charge in [0.05, 0.1) is 0 Å². The fourth-order valence-electron chi connectivity index (χ4n) is 3.81. The highest BCUT2D eigenvalue weighted by Crippen LogP contribution is 2.43. The Morgan fingerprint density at radius 1 is 1.40 bits per heavy atom. The molecule has 3 atom stereocenters. The summed E-state index contributed by atoms with van der Waals surface area (Å²) in [5.41, 5.74) is 2.20. The molecular weight excluding hydrogens is 248 g/mol. The van der Waals surface area contributed by atoms with Crippen LogP contribution in [0.1, 0.15) is 45.1 Å². The molecule has 0 saturated heterocycles. The number of fused-ring (bicyclic) bond motifs is 1. The van der Waals surface area contributed by atoms with Crippen molar-refractivity contribution in [2.45, 2.75) is 39.5 Å². The Balaban J connectivity index is 2.07. The molecule has 0 amide bonds. The molecule has 1 aliphatic rings. The summed E-state index contributed by atoms with van der Waals surface area (Å²) in [6.07, 6.45) is 5.69. The molecule has 0 bridgehead atoms. The Morgan fingerprint density at radius 3 is 2.95 bits per heavy atom. The lowest BCUT2D eigenvalue weighted by atomic mass is 9.67. The second-order valence-electron chi connectivity index (χ2n) is 6.53. The lowest BCUT2D eigenvalue weighted by molar-refractivity contribution is -0.128. The number of Topliss-reactive ketones (excluding diaryl/α,β-unsaturated/α-hetero) is 1. The number of H-pyrrole nitrogens is 1. The Kier molecular flexibility index (Phi) is 3.36. The standard InChI is InChI=1S/C17H22N2O/c1-10(2)16-13(7-11(3)8-15(16)20)14-9-19-17-12(14)5-4-6-18-17/h4-6,9-11,13,16H,7-8H2,1-3H3,(H,18,19). The van der Waals surface area contributed by atoms with Gasteiger partial charge in [0.25, 0.3) is 0 Å². The number of hydrogen-bond donors (Lipinski definition) is 1. The molecule has 3 unspecified atom stereocenters. The van der Waals surface area contributed by atoms with Crippen molar-refractivity contribution in [2.24, 2.45) is 17.8 Å². The van der Waals surface area contributed by atoms with Gasteiger partial charge in [0, 0.05) is 30.1 Å². The monoisotopic (exact) mass is 270 g/mol. The Morgan fingerprint density at radius 2 is 2.20 bits per heavy atom. The highest BCUT2D eigenvalue weighted by molar-refractivity contribution is 5.86. The van der Waals surface area contributed by atoms with Crippen LogP contribution in [0.15, 0.2) is 24.5 Å². The van der Waals surface area contributed by atoms with E-state index in [9.17, 15) is 4.79 Å². The molecular formula is C17H22N2O. The topological polar surface area (TPSA) is 45.8 Å². The van der Waals surface area contributed by atoms with Crippen molar-refractivity contribution in [1.29, 1.82) is 0 Å². The van der Waals surface area contributed by atoms with Crippen molar-refractivity contribution in [3.63, 3.8) is 0 Å². The van der Waals surface area contributed by atoms with E-state index in [4.69, 9.17) is 0 Å². The zero-order valence-corrected chi connectivity index (χ0v) is 12.4. The summed E-state index contributed by atoms with van der Waals surface area (Å²) in [4.78, 5) is 20.1. The smallest absolute Gasteiger partial charge is 0.137 e. The molecule has 2 aromatic heterocycles. The summed E-state index contributed by atoms with van der Waals surface area (Å²) < 4.78 is 0. The fraction of sp³-hybridized carbons (Fsp3) is 0.529. The van der Waals surface area contributed by atoms with Crippen LogP contribution in [0.4, 0.5) is 0 Å². The second-order valence-corrected chi connectivity index (χ2v) is 6.53. The molecule has 2 aromatic rings. The molecule has 0 aliphatic heterocycles. The zero-order valence-electron chi connectivity index (χ0n) is 12.4. The van der Waals surface area contributed by atoms with Crippen LogP contribution in [0.2, 0.25) is 0 Å². The van der Waals surface area contributed by atoms with Crippen LogP contribution in [0, 0.1) is 17.8 Å². The van der Waals surface area contributed by atoms with Gasteiger partial charge in [-0.15, -0.1) is 0 Å². The maximum atomic E-state index is 12.5. The number of nitrogens with zero attached hydrogens (tertiary/aromatic N) is 1. The number of aromatic amines is 1. The number of hydrogen-bond acceptors (Lipinski definition) is 2. The third-order valence-corrected chi connectivity index (χ3v) is 4.61. The Hall–Kier alpha value is -1.64. The summed E-state index contributed by atoms with van der Waals surface area (Å²) in [5.74, 6) is 1.77.